The van der Waals surface area contributed by atoms with Crippen molar-refractivity contribution in [1.82, 2.24) is 25.0 Å². The summed E-state index contributed by atoms with van der Waals surface area (Å²) in [5, 5.41) is 17.6. The van der Waals surface area contributed by atoms with Gasteiger partial charge in [0.1, 0.15) is 23.2 Å². The number of benzene rings is 1. The van der Waals surface area contributed by atoms with E-state index in [-0.39, 0.29) is 5.69 Å². The highest BCUT2D eigenvalue weighted by Gasteiger charge is 2.20. The first-order valence-electron chi connectivity index (χ1n) is 12.0. The number of aryl methyl sites for hydroxylation is 3. The van der Waals surface area contributed by atoms with Crippen molar-refractivity contribution in [3.63, 3.8) is 0 Å². The molecule has 4 aromatic rings. The van der Waals surface area contributed by atoms with Crippen LogP contribution >= 0.6 is 0 Å². The molecule has 5 rings (SSSR count). The lowest BCUT2D eigenvalue weighted by Gasteiger charge is -2.33. The van der Waals surface area contributed by atoms with Crippen LogP contribution in [0.4, 0.5) is 5.82 Å². The van der Waals surface area contributed by atoms with E-state index in [0.717, 1.165) is 72.0 Å². The summed E-state index contributed by atoms with van der Waals surface area (Å²) in [4.78, 5) is 11.6. The molecule has 0 amide bonds. The van der Waals surface area contributed by atoms with E-state index in [1.807, 2.05) is 45.2 Å². The molecule has 35 heavy (non-hydrogen) atoms. The zero-order valence-electron chi connectivity index (χ0n) is 20.4. The van der Waals surface area contributed by atoms with Gasteiger partial charge in [-0.2, -0.15) is 5.26 Å². The van der Waals surface area contributed by atoms with E-state index >= 15 is 0 Å². The molecule has 0 aliphatic carbocycles. The highest BCUT2D eigenvalue weighted by molar-refractivity contribution is 5.83. The smallest absolute Gasteiger partial charge is 0.170 e. The maximum absolute atomic E-state index is 9.49. The fraction of sp³-hybridized carbons (Fsp3) is 0.370. The second-order valence-electron chi connectivity index (χ2n) is 9.23. The van der Waals surface area contributed by atoms with Crippen molar-refractivity contribution in [3.05, 3.63) is 59.4 Å². The molecule has 0 bridgehead atoms. The van der Waals surface area contributed by atoms with Gasteiger partial charge in [0.05, 0.1) is 17.8 Å². The molecule has 0 spiro atoms. The van der Waals surface area contributed by atoms with Crippen LogP contribution in [0.25, 0.3) is 22.3 Å². The van der Waals surface area contributed by atoms with E-state index in [0.29, 0.717) is 18.0 Å². The van der Waals surface area contributed by atoms with Crippen molar-refractivity contribution < 1.29 is 4.74 Å². The molecule has 1 saturated heterocycles. The average Bonchev–Trinajstić information content (AvgIpc) is 3.25. The molecule has 1 aliphatic heterocycles. The van der Waals surface area contributed by atoms with Gasteiger partial charge < -0.3 is 9.64 Å². The number of nitrogens with zero attached hydrogens (tertiary/aromatic N) is 7. The second-order valence-corrected chi connectivity index (χ2v) is 9.23. The van der Waals surface area contributed by atoms with E-state index in [1.54, 1.807) is 4.68 Å². The number of pyridine rings is 2. The first-order valence-corrected chi connectivity index (χ1v) is 12.0. The Labute approximate surface area is 205 Å². The Bertz CT molecular complexity index is 1400. The quantitative estimate of drug-likeness (QED) is 0.409. The Kier molecular flexibility index (Phi) is 6.32. The molecule has 0 atom stereocenters. The summed E-state index contributed by atoms with van der Waals surface area (Å²) >= 11 is 0. The number of ether oxygens (including phenoxy) is 1. The fourth-order valence-electron chi connectivity index (χ4n) is 4.72. The number of rotatable bonds is 6. The van der Waals surface area contributed by atoms with E-state index in [1.165, 1.54) is 0 Å². The number of hydrogen-bond donors (Lipinski definition) is 0. The maximum atomic E-state index is 9.49. The molecular weight excluding hydrogens is 438 g/mol. The highest BCUT2D eigenvalue weighted by Crippen LogP contribution is 2.29. The van der Waals surface area contributed by atoms with Crippen LogP contribution in [0.2, 0.25) is 0 Å². The number of fused-ring (bicyclic) bond motifs is 1. The Balaban J connectivity index is 1.19. The lowest BCUT2D eigenvalue weighted by Crippen LogP contribution is -2.34. The van der Waals surface area contributed by atoms with Crippen molar-refractivity contribution in [3.8, 4) is 23.1 Å². The first-order chi connectivity index (χ1) is 17.0. The maximum Gasteiger partial charge on any atom is 0.170 e. The summed E-state index contributed by atoms with van der Waals surface area (Å²) in [5.74, 6) is 2.65. The van der Waals surface area contributed by atoms with Crippen LogP contribution in [0.3, 0.4) is 0 Å². The van der Waals surface area contributed by atoms with Crippen LogP contribution < -0.4 is 9.64 Å². The first kappa shape index (κ1) is 22.8. The van der Waals surface area contributed by atoms with Gasteiger partial charge in [-0.15, -0.1) is 5.10 Å². The Morgan fingerprint density at radius 3 is 2.66 bits per heavy atom. The Morgan fingerprint density at radius 2 is 1.91 bits per heavy atom. The number of nitriles is 1. The fourth-order valence-corrected chi connectivity index (χ4v) is 4.72. The number of anilines is 1. The number of aromatic nitrogens is 5. The van der Waals surface area contributed by atoms with Crippen molar-refractivity contribution in [2.75, 3.05) is 24.6 Å². The molecule has 1 aromatic carbocycles. The van der Waals surface area contributed by atoms with Gasteiger partial charge in [-0.3, -0.25) is 0 Å². The van der Waals surface area contributed by atoms with Crippen LogP contribution in [0.5, 0.6) is 5.75 Å². The summed E-state index contributed by atoms with van der Waals surface area (Å²) < 4.78 is 7.82. The molecule has 8 nitrogen and oxygen atoms in total. The van der Waals surface area contributed by atoms with Gasteiger partial charge in [0.2, 0.25) is 0 Å². The molecule has 0 saturated carbocycles. The third-order valence-corrected chi connectivity index (χ3v) is 6.77. The molecule has 178 valence electrons. The molecular formula is C27H29N7O. The van der Waals surface area contributed by atoms with Gasteiger partial charge in [0, 0.05) is 31.4 Å². The van der Waals surface area contributed by atoms with Gasteiger partial charge in [0.25, 0.3) is 0 Å². The molecule has 0 unspecified atom stereocenters. The van der Waals surface area contributed by atoms with Crippen LogP contribution in [-0.4, -0.2) is 44.7 Å². The van der Waals surface area contributed by atoms with Crippen LogP contribution in [-0.2, 0) is 7.05 Å². The summed E-state index contributed by atoms with van der Waals surface area (Å²) in [6.07, 6.45) is 3.37. The third-order valence-electron chi connectivity index (χ3n) is 6.77. The van der Waals surface area contributed by atoms with Crippen LogP contribution in [0.15, 0.2) is 42.5 Å². The minimum absolute atomic E-state index is 0.285. The zero-order chi connectivity index (χ0) is 24.4. The summed E-state index contributed by atoms with van der Waals surface area (Å²) in [5.41, 5.74) is 5.37. The van der Waals surface area contributed by atoms with Crippen molar-refractivity contribution in [2.45, 2.75) is 33.1 Å². The van der Waals surface area contributed by atoms with E-state index in [9.17, 15) is 5.26 Å². The lowest BCUT2D eigenvalue weighted by atomic mass is 9.94. The van der Waals surface area contributed by atoms with Gasteiger partial charge in [0.15, 0.2) is 5.69 Å². The third kappa shape index (κ3) is 4.80. The normalized spacial score (nSPS) is 14.3. The van der Waals surface area contributed by atoms with Crippen molar-refractivity contribution in [1.29, 1.82) is 5.26 Å². The molecule has 3 aromatic heterocycles. The monoisotopic (exact) mass is 467 g/mol. The van der Waals surface area contributed by atoms with Gasteiger partial charge in [-0.05, 0) is 81.0 Å². The van der Waals surface area contributed by atoms with Crippen molar-refractivity contribution >= 4 is 16.9 Å². The minimum Gasteiger partial charge on any atom is -0.493 e. The zero-order valence-corrected chi connectivity index (χ0v) is 20.4. The molecule has 0 radical (unpaired) electrons. The SMILES string of the molecule is Cc1cccc(N2CCC(CCOc3ccc(-c4cc5c(nnn5C)c(C#N)n4)cc3C)CC2)n1. The summed E-state index contributed by atoms with van der Waals surface area (Å²) in [7, 11) is 1.81. The van der Waals surface area contributed by atoms with E-state index < -0.39 is 0 Å². The summed E-state index contributed by atoms with van der Waals surface area (Å²) in [6.45, 7) is 6.88. The minimum atomic E-state index is 0.285. The Hall–Kier alpha value is -3.99. The predicted octanol–water partition coefficient (Wildman–Crippen LogP) is 4.60. The highest BCUT2D eigenvalue weighted by atomic mass is 16.5. The second kappa shape index (κ2) is 9.71. The number of piperidine rings is 1. The van der Waals surface area contributed by atoms with Gasteiger partial charge in [-0.25, -0.2) is 14.6 Å². The molecule has 1 fully saturated rings. The van der Waals surface area contributed by atoms with E-state index in [2.05, 4.69) is 49.4 Å². The summed E-state index contributed by atoms with van der Waals surface area (Å²) in [6, 6.07) is 16.3. The van der Waals surface area contributed by atoms with Crippen LogP contribution in [0.1, 0.15) is 36.2 Å². The number of hydrogen-bond acceptors (Lipinski definition) is 7. The predicted molar refractivity (Wildman–Crippen MR) is 135 cm³/mol. The topological polar surface area (TPSA) is 92.8 Å². The van der Waals surface area contributed by atoms with Gasteiger partial charge >= 0.3 is 0 Å². The molecule has 8 heteroatoms. The van der Waals surface area contributed by atoms with E-state index in [4.69, 9.17) is 4.74 Å². The van der Waals surface area contributed by atoms with Crippen molar-refractivity contribution in [2.24, 2.45) is 13.0 Å². The lowest BCUT2D eigenvalue weighted by molar-refractivity contribution is 0.257. The Morgan fingerprint density at radius 1 is 1.09 bits per heavy atom. The molecule has 4 heterocycles. The van der Waals surface area contributed by atoms with Gasteiger partial charge in [-0.1, -0.05) is 11.3 Å². The molecule has 1 aliphatic rings. The standard InChI is InChI=1S/C27H29N7O/c1-18-15-21(22-16-24-27(23(17-28)30-22)31-32-33(24)3)7-8-25(18)35-14-11-20-9-12-34(13-10-20)26-6-4-5-19(2)29-26/h4-8,15-16,20H,9-14H2,1-3H3. The largest absolute Gasteiger partial charge is 0.493 e. The van der Waals surface area contributed by atoms with Crippen LogP contribution in [0, 0.1) is 31.1 Å². The molecule has 0 N–H and O–H groups in total. The average molecular weight is 468 g/mol.